The van der Waals surface area contributed by atoms with Crippen molar-refractivity contribution in [3.05, 3.63) is 29.8 Å². The molecule has 94 valence electrons. The van der Waals surface area contributed by atoms with Crippen LogP contribution in [0.4, 0.5) is 4.79 Å². The Balaban J connectivity index is 2.04. The molecule has 0 heterocycles. The molecule has 0 saturated carbocycles. The highest BCUT2D eigenvalue weighted by Crippen LogP contribution is 2.19. The van der Waals surface area contributed by atoms with E-state index in [0.717, 1.165) is 4.90 Å². The van der Waals surface area contributed by atoms with Crippen LogP contribution in [0.5, 0.6) is 0 Å². The number of hydrogen-bond acceptors (Lipinski definition) is 4. The van der Waals surface area contributed by atoms with Gasteiger partial charge in [-0.1, -0.05) is 17.7 Å². The molecule has 0 fully saturated rings. The van der Waals surface area contributed by atoms with Crippen molar-refractivity contribution in [2.24, 2.45) is 0 Å². The lowest BCUT2D eigenvalue weighted by Gasteiger charge is -2.04. The molecule has 0 aromatic heterocycles. The van der Waals surface area contributed by atoms with Crippen molar-refractivity contribution >= 4 is 18.1 Å². The van der Waals surface area contributed by atoms with Crippen LogP contribution in [0.3, 0.4) is 0 Å². The molecule has 1 N–H and O–H groups in total. The van der Waals surface area contributed by atoms with Crippen LogP contribution < -0.4 is 5.32 Å². The third kappa shape index (κ3) is 6.19. The number of aryl methyl sites for hydroxylation is 1. The van der Waals surface area contributed by atoms with Crippen LogP contribution in [-0.4, -0.2) is 26.4 Å². The lowest BCUT2D eigenvalue weighted by Crippen LogP contribution is -2.19. The first-order chi connectivity index (χ1) is 8.22. The van der Waals surface area contributed by atoms with E-state index in [2.05, 4.69) is 5.32 Å². The highest BCUT2D eigenvalue weighted by Gasteiger charge is 1.98. The molecule has 0 radical (unpaired) electrons. The lowest BCUT2D eigenvalue weighted by molar-refractivity contribution is 0.141. The molecule has 0 aliphatic heterocycles. The first-order valence-electron chi connectivity index (χ1n) is 5.43. The molecule has 1 aromatic rings. The third-order valence-corrected chi connectivity index (χ3v) is 2.73. The Bertz CT molecular complexity index is 340. The molecular weight excluding hydrogens is 238 g/mol. The van der Waals surface area contributed by atoms with Gasteiger partial charge in [0.05, 0.1) is 13.2 Å². The Morgan fingerprint density at radius 2 is 2.00 bits per heavy atom. The van der Waals surface area contributed by atoms with Crippen LogP contribution in [0.2, 0.25) is 0 Å². The predicted octanol–water partition coefficient (Wildman–Crippen LogP) is 2.76. The monoisotopic (exact) mass is 255 g/mol. The van der Waals surface area contributed by atoms with E-state index < -0.39 is 6.09 Å². The molecule has 0 unspecified atom stereocenters. The topological polar surface area (TPSA) is 47.6 Å². The zero-order chi connectivity index (χ0) is 12.5. The molecule has 1 amide bonds. The summed E-state index contributed by atoms with van der Waals surface area (Å²) in [6, 6.07) is 8.11. The van der Waals surface area contributed by atoms with Crippen molar-refractivity contribution in [2.45, 2.75) is 18.2 Å². The van der Waals surface area contributed by atoms with E-state index >= 15 is 0 Å². The Kier molecular flexibility index (Phi) is 6.50. The minimum Gasteiger partial charge on any atom is -0.449 e. The van der Waals surface area contributed by atoms with Crippen LogP contribution in [0.1, 0.15) is 12.0 Å². The van der Waals surface area contributed by atoms with Gasteiger partial charge in [0.1, 0.15) is 0 Å². The first kappa shape index (κ1) is 13.9. The van der Waals surface area contributed by atoms with E-state index in [1.165, 1.54) is 24.7 Å². The molecule has 0 spiro atoms. The molecule has 5 heteroatoms. The Hall–Kier alpha value is -1.20. The predicted molar refractivity (Wildman–Crippen MR) is 68.0 cm³/mol. The highest BCUT2D eigenvalue weighted by molar-refractivity contribution is 7.94. The fourth-order valence-corrected chi connectivity index (χ4v) is 1.64. The van der Waals surface area contributed by atoms with Gasteiger partial charge in [0.2, 0.25) is 0 Å². The van der Waals surface area contributed by atoms with Crippen molar-refractivity contribution in [1.29, 1.82) is 0 Å². The summed E-state index contributed by atoms with van der Waals surface area (Å²) in [5.74, 6) is 0. The molecule has 4 nitrogen and oxygen atoms in total. The number of nitrogens with one attached hydrogen (secondary N) is 1. The van der Waals surface area contributed by atoms with Crippen LogP contribution in [-0.2, 0) is 8.92 Å². The molecule has 0 atom stereocenters. The molecule has 17 heavy (non-hydrogen) atoms. The van der Waals surface area contributed by atoms with Crippen molar-refractivity contribution in [3.63, 3.8) is 0 Å². The van der Waals surface area contributed by atoms with Gasteiger partial charge in [0, 0.05) is 30.4 Å². The fraction of sp³-hybridized carbons (Fsp3) is 0.417. The van der Waals surface area contributed by atoms with Gasteiger partial charge in [0.15, 0.2) is 0 Å². The molecule has 0 aliphatic rings. The number of alkyl carbamates (subject to hydrolysis) is 1. The highest BCUT2D eigenvalue weighted by atomic mass is 32.2. The summed E-state index contributed by atoms with van der Waals surface area (Å²) in [7, 11) is 1.53. The average Bonchev–Trinajstić information content (AvgIpc) is 2.35. The first-order valence-corrected chi connectivity index (χ1v) is 6.17. The zero-order valence-corrected chi connectivity index (χ0v) is 10.9. The second-order valence-electron chi connectivity index (χ2n) is 3.46. The van der Waals surface area contributed by atoms with Crippen LogP contribution >= 0.6 is 12.0 Å². The normalized spacial score (nSPS) is 10.0. The lowest BCUT2D eigenvalue weighted by atomic mass is 10.2. The van der Waals surface area contributed by atoms with Gasteiger partial charge in [-0.3, -0.25) is 0 Å². The number of carbonyl (C=O) groups is 1. The van der Waals surface area contributed by atoms with Crippen LogP contribution in [0, 0.1) is 6.92 Å². The van der Waals surface area contributed by atoms with Gasteiger partial charge in [-0.2, -0.15) is 0 Å². The number of ether oxygens (including phenoxy) is 1. The summed E-state index contributed by atoms with van der Waals surface area (Å²) < 4.78 is 10.2. The molecule has 1 aromatic carbocycles. The largest absolute Gasteiger partial charge is 0.449 e. The van der Waals surface area contributed by atoms with Gasteiger partial charge in [-0.25, -0.2) is 4.79 Å². The molecule has 0 saturated heterocycles. The van der Waals surface area contributed by atoms with Crippen molar-refractivity contribution in [1.82, 2.24) is 5.32 Å². The van der Waals surface area contributed by atoms with E-state index in [0.29, 0.717) is 19.6 Å². The molecule has 0 aliphatic carbocycles. The second-order valence-corrected chi connectivity index (χ2v) is 4.33. The number of hydrogen-bond donors (Lipinski definition) is 1. The van der Waals surface area contributed by atoms with E-state index in [9.17, 15) is 4.79 Å². The molecule has 0 bridgehead atoms. The SMILES string of the molecule is CNC(=O)OCCCOSc1ccc(C)cc1. The van der Waals surface area contributed by atoms with Crippen molar-refractivity contribution in [2.75, 3.05) is 20.3 Å². The number of benzene rings is 1. The summed E-state index contributed by atoms with van der Waals surface area (Å²) in [4.78, 5) is 11.8. The van der Waals surface area contributed by atoms with Gasteiger partial charge in [0.25, 0.3) is 0 Å². The molecular formula is C12H17NO3S. The number of rotatable bonds is 6. The standard InChI is InChI=1S/C12H17NO3S/c1-10-4-6-11(7-5-10)17-16-9-3-8-15-12(14)13-2/h4-7H,3,8-9H2,1-2H3,(H,13,14). The zero-order valence-electron chi connectivity index (χ0n) is 10.1. The third-order valence-electron chi connectivity index (χ3n) is 1.99. The van der Waals surface area contributed by atoms with Crippen molar-refractivity contribution in [3.8, 4) is 0 Å². The summed E-state index contributed by atoms with van der Waals surface area (Å²) in [5.41, 5.74) is 1.23. The summed E-state index contributed by atoms with van der Waals surface area (Å²) in [5, 5.41) is 2.38. The van der Waals surface area contributed by atoms with Crippen LogP contribution in [0.15, 0.2) is 29.2 Å². The maximum absolute atomic E-state index is 10.7. The van der Waals surface area contributed by atoms with E-state index in [4.69, 9.17) is 8.92 Å². The maximum Gasteiger partial charge on any atom is 0.406 e. The average molecular weight is 255 g/mol. The minimum atomic E-state index is -0.406. The number of amides is 1. The maximum atomic E-state index is 10.7. The summed E-state index contributed by atoms with van der Waals surface area (Å²) >= 11 is 1.34. The second kappa shape index (κ2) is 7.97. The van der Waals surface area contributed by atoms with E-state index in [1.807, 2.05) is 31.2 Å². The fourth-order valence-electron chi connectivity index (χ4n) is 1.06. The summed E-state index contributed by atoms with van der Waals surface area (Å²) in [6.07, 6.45) is 0.280. The Morgan fingerprint density at radius 3 is 2.65 bits per heavy atom. The minimum absolute atomic E-state index is 0.369. The quantitative estimate of drug-likeness (QED) is 0.627. The van der Waals surface area contributed by atoms with Crippen molar-refractivity contribution < 1.29 is 13.7 Å². The van der Waals surface area contributed by atoms with E-state index in [1.54, 1.807) is 0 Å². The van der Waals surface area contributed by atoms with Gasteiger partial charge >= 0.3 is 6.09 Å². The van der Waals surface area contributed by atoms with Gasteiger partial charge < -0.3 is 14.2 Å². The number of carbonyl (C=O) groups excluding carboxylic acids is 1. The Labute approximate surface area is 106 Å². The van der Waals surface area contributed by atoms with Crippen LogP contribution in [0.25, 0.3) is 0 Å². The van der Waals surface area contributed by atoms with E-state index in [-0.39, 0.29) is 0 Å². The van der Waals surface area contributed by atoms with Gasteiger partial charge in [-0.15, -0.1) is 0 Å². The summed E-state index contributed by atoms with van der Waals surface area (Å²) in [6.45, 7) is 2.97. The Morgan fingerprint density at radius 1 is 1.29 bits per heavy atom. The van der Waals surface area contributed by atoms with Gasteiger partial charge in [-0.05, 0) is 19.1 Å². The smallest absolute Gasteiger partial charge is 0.406 e. The molecule has 1 rings (SSSR count).